The van der Waals surface area contributed by atoms with Crippen LogP contribution in [0.4, 0.5) is 5.69 Å². The summed E-state index contributed by atoms with van der Waals surface area (Å²) in [7, 11) is 0. The summed E-state index contributed by atoms with van der Waals surface area (Å²) >= 11 is 0. The predicted molar refractivity (Wildman–Crippen MR) is 139 cm³/mol. The number of para-hydroxylation sites is 1. The molecule has 0 atom stereocenters. The van der Waals surface area contributed by atoms with Crippen LogP contribution in [0.15, 0.2) is 102 Å². The Balaban J connectivity index is 1.49. The summed E-state index contributed by atoms with van der Waals surface area (Å²) in [5.74, 6) is -0.530. The molecule has 0 saturated carbocycles. The minimum atomic E-state index is -0.530. The Morgan fingerprint density at radius 1 is 0.944 bits per heavy atom. The van der Waals surface area contributed by atoms with Crippen molar-refractivity contribution in [3.8, 4) is 16.9 Å². The van der Waals surface area contributed by atoms with Crippen molar-refractivity contribution >= 4 is 28.6 Å². The van der Waals surface area contributed by atoms with Gasteiger partial charge in [-0.15, -0.1) is 0 Å². The summed E-state index contributed by atoms with van der Waals surface area (Å²) in [6.07, 6.45) is 1.25. The first kappa shape index (κ1) is 22.7. The monoisotopic (exact) mass is 475 g/mol. The number of nitro groups is 1. The number of aromatic nitrogens is 2. The second-order valence-electron chi connectivity index (χ2n) is 8.24. The van der Waals surface area contributed by atoms with E-state index in [1.165, 1.54) is 12.3 Å². The molecule has 8 nitrogen and oxygen atoms in total. The molecule has 0 aliphatic heterocycles. The number of benzene rings is 4. The summed E-state index contributed by atoms with van der Waals surface area (Å²) in [4.78, 5) is 23.6. The van der Waals surface area contributed by atoms with Crippen LogP contribution >= 0.6 is 0 Å². The first-order chi connectivity index (χ1) is 17.5. The van der Waals surface area contributed by atoms with Crippen LogP contribution in [0.2, 0.25) is 0 Å². The van der Waals surface area contributed by atoms with E-state index < -0.39 is 10.8 Å². The van der Waals surface area contributed by atoms with E-state index in [4.69, 9.17) is 0 Å². The Labute approximate surface area is 206 Å². The van der Waals surface area contributed by atoms with Crippen LogP contribution in [-0.2, 0) is 0 Å². The summed E-state index contributed by atoms with van der Waals surface area (Å²) in [6, 6.07) is 29.9. The number of nitro benzene ring substituents is 1. The Bertz CT molecular complexity index is 1620. The third-order valence-electron chi connectivity index (χ3n) is 5.77. The predicted octanol–water partition coefficient (Wildman–Crippen LogP) is 5.67. The lowest BCUT2D eigenvalue weighted by Gasteiger charge is -2.09. The van der Waals surface area contributed by atoms with Crippen molar-refractivity contribution in [3.63, 3.8) is 0 Å². The average Bonchev–Trinajstić information content (AvgIpc) is 3.35. The van der Waals surface area contributed by atoms with Crippen molar-refractivity contribution in [2.45, 2.75) is 6.92 Å². The highest BCUT2D eigenvalue weighted by atomic mass is 16.6. The Hall–Kier alpha value is -5.11. The van der Waals surface area contributed by atoms with Crippen molar-refractivity contribution in [2.24, 2.45) is 5.10 Å². The van der Waals surface area contributed by atoms with Crippen LogP contribution < -0.4 is 5.43 Å². The first-order valence-electron chi connectivity index (χ1n) is 11.2. The van der Waals surface area contributed by atoms with Crippen molar-refractivity contribution in [2.75, 3.05) is 0 Å². The van der Waals surface area contributed by atoms with Gasteiger partial charge in [-0.2, -0.15) is 10.2 Å². The standard InChI is InChI=1S/C28H21N5O3/c1-19-10-14-24(15-11-19)32-27(22-13-12-20-6-2-3-7-21(20)16-22)17-25(31-32)28(34)30-29-18-23-8-4-5-9-26(23)33(35)36/h2-18H,1H3,(H,30,34)/b29-18-. The van der Waals surface area contributed by atoms with Gasteiger partial charge in [0.25, 0.3) is 11.6 Å². The van der Waals surface area contributed by atoms with E-state index in [0.717, 1.165) is 33.3 Å². The van der Waals surface area contributed by atoms with Crippen molar-refractivity contribution in [1.29, 1.82) is 0 Å². The highest BCUT2D eigenvalue weighted by Crippen LogP contribution is 2.28. The number of amides is 1. The molecule has 0 unspecified atom stereocenters. The molecule has 36 heavy (non-hydrogen) atoms. The third-order valence-corrected chi connectivity index (χ3v) is 5.77. The fourth-order valence-corrected chi connectivity index (χ4v) is 3.91. The van der Waals surface area contributed by atoms with Crippen LogP contribution in [-0.4, -0.2) is 26.8 Å². The number of hydrazone groups is 1. The lowest BCUT2D eigenvalue weighted by Crippen LogP contribution is -2.18. The smallest absolute Gasteiger partial charge is 0.265 e. The zero-order valence-corrected chi connectivity index (χ0v) is 19.3. The lowest BCUT2D eigenvalue weighted by atomic mass is 10.0. The number of carbonyl (C=O) groups is 1. The highest BCUT2D eigenvalue weighted by molar-refractivity contribution is 5.95. The third kappa shape index (κ3) is 4.60. The zero-order valence-electron chi connectivity index (χ0n) is 19.3. The Morgan fingerprint density at radius 2 is 1.67 bits per heavy atom. The van der Waals surface area contributed by atoms with E-state index in [0.29, 0.717) is 0 Å². The van der Waals surface area contributed by atoms with Gasteiger partial charge in [0.15, 0.2) is 5.69 Å². The van der Waals surface area contributed by atoms with Gasteiger partial charge in [0.2, 0.25) is 0 Å². The maximum Gasteiger partial charge on any atom is 0.291 e. The Kier molecular flexibility index (Phi) is 6.07. The number of rotatable bonds is 6. The van der Waals surface area contributed by atoms with Crippen molar-refractivity contribution in [1.82, 2.24) is 15.2 Å². The van der Waals surface area contributed by atoms with Gasteiger partial charge in [0, 0.05) is 11.6 Å². The second-order valence-corrected chi connectivity index (χ2v) is 8.24. The van der Waals surface area contributed by atoms with Gasteiger partial charge in [0.05, 0.1) is 28.1 Å². The molecule has 4 aromatic carbocycles. The Morgan fingerprint density at radius 3 is 2.44 bits per heavy atom. The number of hydrogen-bond donors (Lipinski definition) is 1. The van der Waals surface area contributed by atoms with E-state index in [1.54, 1.807) is 28.9 Å². The molecule has 1 amide bonds. The van der Waals surface area contributed by atoms with Crippen LogP contribution in [0.1, 0.15) is 21.6 Å². The number of carbonyl (C=O) groups excluding carboxylic acids is 1. The van der Waals surface area contributed by atoms with E-state index in [9.17, 15) is 14.9 Å². The zero-order chi connectivity index (χ0) is 25.1. The van der Waals surface area contributed by atoms with E-state index >= 15 is 0 Å². The molecule has 1 heterocycles. The normalized spacial score (nSPS) is 11.1. The minimum Gasteiger partial charge on any atom is -0.265 e. The quantitative estimate of drug-likeness (QED) is 0.194. The van der Waals surface area contributed by atoms with Gasteiger partial charge < -0.3 is 0 Å². The van der Waals surface area contributed by atoms with Gasteiger partial charge in [-0.1, -0.05) is 66.2 Å². The van der Waals surface area contributed by atoms with Gasteiger partial charge in [0.1, 0.15) is 0 Å². The van der Waals surface area contributed by atoms with Crippen molar-refractivity contribution < 1.29 is 9.72 Å². The molecule has 5 aromatic rings. The molecule has 0 aliphatic carbocycles. The molecule has 8 heteroatoms. The molecule has 1 N–H and O–H groups in total. The number of nitrogens with one attached hydrogen (secondary N) is 1. The molecule has 0 aliphatic rings. The van der Waals surface area contributed by atoms with Gasteiger partial charge in [-0.25, -0.2) is 10.1 Å². The molecule has 0 bridgehead atoms. The number of fused-ring (bicyclic) bond motifs is 1. The summed E-state index contributed by atoms with van der Waals surface area (Å²) < 4.78 is 1.73. The molecule has 0 radical (unpaired) electrons. The first-order valence-corrected chi connectivity index (χ1v) is 11.2. The SMILES string of the molecule is Cc1ccc(-n2nc(C(=O)N/N=C\c3ccccc3[N+](=O)[O-])cc2-c2ccc3ccccc3c2)cc1. The molecule has 0 fully saturated rings. The molecule has 0 saturated heterocycles. The summed E-state index contributed by atoms with van der Waals surface area (Å²) in [5, 5.41) is 21.9. The van der Waals surface area contributed by atoms with E-state index in [1.807, 2.05) is 67.6 Å². The fourth-order valence-electron chi connectivity index (χ4n) is 3.91. The minimum absolute atomic E-state index is 0.0993. The van der Waals surface area contributed by atoms with E-state index in [-0.39, 0.29) is 16.9 Å². The fraction of sp³-hybridized carbons (Fsp3) is 0.0357. The van der Waals surface area contributed by atoms with E-state index in [2.05, 4.69) is 21.7 Å². The number of aryl methyl sites for hydroxylation is 1. The molecule has 0 spiro atoms. The van der Waals surface area contributed by atoms with Crippen LogP contribution in [0.5, 0.6) is 0 Å². The average molecular weight is 476 g/mol. The number of hydrogen-bond acceptors (Lipinski definition) is 5. The van der Waals surface area contributed by atoms with Gasteiger partial charge in [-0.05, 0) is 48.0 Å². The van der Waals surface area contributed by atoms with Crippen LogP contribution in [0.25, 0.3) is 27.7 Å². The maximum absolute atomic E-state index is 12.9. The summed E-state index contributed by atoms with van der Waals surface area (Å²) in [5.41, 5.74) is 6.35. The van der Waals surface area contributed by atoms with Gasteiger partial charge in [-0.3, -0.25) is 14.9 Å². The lowest BCUT2D eigenvalue weighted by molar-refractivity contribution is -0.385. The topological polar surface area (TPSA) is 102 Å². The molecular weight excluding hydrogens is 454 g/mol. The molecule has 1 aromatic heterocycles. The van der Waals surface area contributed by atoms with Crippen LogP contribution in [0, 0.1) is 17.0 Å². The van der Waals surface area contributed by atoms with Crippen molar-refractivity contribution in [3.05, 3.63) is 124 Å². The van der Waals surface area contributed by atoms with Gasteiger partial charge >= 0.3 is 0 Å². The second kappa shape index (κ2) is 9.63. The highest BCUT2D eigenvalue weighted by Gasteiger charge is 2.17. The summed E-state index contributed by atoms with van der Waals surface area (Å²) in [6.45, 7) is 2.01. The molecule has 5 rings (SSSR count). The van der Waals surface area contributed by atoms with Crippen LogP contribution in [0.3, 0.4) is 0 Å². The molecule has 176 valence electrons. The number of nitrogens with zero attached hydrogens (tertiary/aromatic N) is 4. The largest absolute Gasteiger partial charge is 0.291 e. The molecular formula is C28H21N5O3. The maximum atomic E-state index is 12.9.